The second kappa shape index (κ2) is 3.89. The highest BCUT2D eigenvalue weighted by atomic mass is 35.5. The van der Waals surface area contributed by atoms with E-state index in [1.807, 2.05) is 6.07 Å². The van der Waals surface area contributed by atoms with Crippen molar-refractivity contribution in [2.45, 2.75) is 6.42 Å². The Morgan fingerprint density at radius 2 is 2.25 bits per heavy atom. The summed E-state index contributed by atoms with van der Waals surface area (Å²) in [7, 11) is 0. The van der Waals surface area contributed by atoms with Crippen molar-refractivity contribution >= 4 is 17.9 Å². The maximum absolute atomic E-state index is 10.4. The highest BCUT2D eigenvalue weighted by Gasteiger charge is 1.97. The second-order valence-corrected chi connectivity index (χ2v) is 2.78. The predicted octanol–water partition coefficient (Wildman–Crippen LogP) is 2.22. The first kappa shape index (κ1) is 8.76. The molecule has 2 nitrogen and oxygen atoms in total. The van der Waals surface area contributed by atoms with E-state index in [9.17, 15) is 4.79 Å². The molecule has 0 unspecified atom stereocenters. The number of carbonyl (C=O) groups is 1. The van der Waals surface area contributed by atoms with Crippen molar-refractivity contribution in [1.82, 2.24) is 0 Å². The van der Waals surface area contributed by atoms with Gasteiger partial charge in [0.25, 0.3) is 0 Å². The summed E-state index contributed by atoms with van der Waals surface area (Å²) in [6.45, 7) is 0. The Labute approximate surface area is 75.4 Å². The van der Waals surface area contributed by atoms with E-state index >= 15 is 0 Å². The normalized spacial score (nSPS) is 9.00. The lowest BCUT2D eigenvalue weighted by molar-refractivity contribution is 0.112. The molecule has 0 saturated heterocycles. The topological polar surface area (TPSA) is 40.9 Å². The van der Waals surface area contributed by atoms with E-state index in [2.05, 4.69) is 0 Å². The summed E-state index contributed by atoms with van der Waals surface area (Å²) in [5, 5.41) is 8.88. The van der Waals surface area contributed by atoms with Gasteiger partial charge >= 0.3 is 0 Å². The van der Waals surface area contributed by atoms with Gasteiger partial charge in [-0.15, -0.1) is 0 Å². The first-order valence-corrected chi connectivity index (χ1v) is 3.75. The number of benzene rings is 1. The Balaban J connectivity index is 3.07. The van der Waals surface area contributed by atoms with Gasteiger partial charge in [-0.1, -0.05) is 11.6 Å². The zero-order chi connectivity index (χ0) is 8.97. The maximum atomic E-state index is 10.4. The fraction of sp³-hybridized carbons (Fsp3) is 0.111. The molecule has 0 aliphatic carbocycles. The maximum Gasteiger partial charge on any atom is 0.150 e. The average molecular weight is 180 g/mol. The van der Waals surface area contributed by atoms with Gasteiger partial charge in [0.2, 0.25) is 0 Å². The van der Waals surface area contributed by atoms with Crippen molar-refractivity contribution in [3.8, 4) is 6.07 Å². The standard InChI is InChI=1S/C9H6ClNO/c10-9-4-7(1-2-11)3-8(5-9)6-12/h3-6H,1H2. The van der Waals surface area contributed by atoms with Crippen LogP contribution >= 0.6 is 11.6 Å². The molecular weight excluding hydrogens is 174 g/mol. The third-order valence-corrected chi connectivity index (χ3v) is 1.62. The van der Waals surface area contributed by atoms with E-state index in [0.717, 1.165) is 5.56 Å². The van der Waals surface area contributed by atoms with Crippen LogP contribution in [0.4, 0.5) is 0 Å². The molecule has 0 aliphatic heterocycles. The smallest absolute Gasteiger partial charge is 0.150 e. The minimum atomic E-state index is 0.279. The molecule has 0 spiro atoms. The van der Waals surface area contributed by atoms with Gasteiger partial charge in [-0.3, -0.25) is 4.79 Å². The summed E-state index contributed by atoms with van der Waals surface area (Å²) in [4.78, 5) is 10.4. The highest BCUT2D eigenvalue weighted by Crippen LogP contribution is 2.14. The fourth-order valence-electron chi connectivity index (χ4n) is 0.937. The number of rotatable bonds is 2. The van der Waals surface area contributed by atoms with Crippen LogP contribution in [0.2, 0.25) is 5.02 Å². The summed E-state index contributed by atoms with van der Waals surface area (Å²) in [5.41, 5.74) is 1.28. The van der Waals surface area contributed by atoms with Gasteiger partial charge in [0.1, 0.15) is 6.29 Å². The molecule has 0 aliphatic rings. The number of hydrogen-bond acceptors (Lipinski definition) is 2. The van der Waals surface area contributed by atoms with Crippen LogP contribution in [0.1, 0.15) is 15.9 Å². The third kappa shape index (κ3) is 2.08. The first-order chi connectivity index (χ1) is 5.76. The summed E-state index contributed by atoms with van der Waals surface area (Å²) in [6.07, 6.45) is 0.994. The first-order valence-electron chi connectivity index (χ1n) is 3.38. The fourth-order valence-corrected chi connectivity index (χ4v) is 1.20. The molecule has 60 valence electrons. The quantitative estimate of drug-likeness (QED) is 0.654. The Bertz CT molecular complexity index is 341. The number of aldehydes is 1. The Morgan fingerprint density at radius 3 is 2.83 bits per heavy atom. The molecule has 0 heterocycles. The molecule has 1 rings (SSSR count). The van der Waals surface area contributed by atoms with Gasteiger partial charge in [0, 0.05) is 10.6 Å². The van der Waals surface area contributed by atoms with Gasteiger partial charge in [-0.2, -0.15) is 5.26 Å². The van der Waals surface area contributed by atoms with Crippen LogP contribution in [0.5, 0.6) is 0 Å². The minimum absolute atomic E-state index is 0.279. The van der Waals surface area contributed by atoms with Gasteiger partial charge in [-0.25, -0.2) is 0 Å². The van der Waals surface area contributed by atoms with Crippen molar-refractivity contribution in [2.24, 2.45) is 0 Å². The summed E-state index contributed by atoms with van der Waals surface area (Å²) < 4.78 is 0. The van der Waals surface area contributed by atoms with Crippen molar-refractivity contribution in [3.05, 3.63) is 34.3 Å². The molecule has 0 fully saturated rings. The Morgan fingerprint density at radius 1 is 1.50 bits per heavy atom. The molecule has 1 aromatic rings. The van der Waals surface area contributed by atoms with Crippen LogP contribution in [0, 0.1) is 11.3 Å². The zero-order valence-electron chi connectivity index (χ0n) is 6.25. The molecule has 0 radical (unpaired) electrons. The number of nitriles is 1. The molecule has 0 saturated carbocycles. The summed E-state index contributed by atoms with van der Waals surface area (Å²) in [6, 6.07) is 6.89. The molecule has 3 heteroatoms. The van der Waals surface area contributed by atoms with Crippen LogP contribution in [0.25, 0.3) is 0 Å². The zero-order valence-corrected chi connectivity index (χ0v) is 7.01. The largest absolute Gasteiger partial charge is 0.298 e. The van der Waals surface area contributed by atoms with Gasteiger partial charge in [0.15, 0.2) is 0 Å². The lowest BCUT2D eigenvalue weighted by Crippen LogP contribution is -1.86. The molecule has 0 N–H and O–H groups in total. The molecule has 12 heavy (non-hydrogen) atoms. The summed E-state index contributed by atoms with van der Waals surface area (Å²) in [5.74, 6) is 0. The van der Waals surface area contributed by atoms with Gasteiger partial charge in [-0.05, 0) is 23.8 Å². The van der Waals surface area contributed by atoms with Crippen molar-refractivity contribution in [1.29, 1.82) is 5.26 Å². The van der Waals surface area contributed by atoms with E-state index in [1.165, 1.54) is 0 Å². The van der Waals surface area contributed by atoms with E-state index < -0.39 is 0 Å². The van der Waals surface area contributed by atoms with E-state index in [-0.39, 0.29) is 6.42 Å². The monoisotopic (exact) mass is 179 g/mol. The molecule has 0 amide bonds. The van der Waals surface area contributed by atoms with Crippen LogP contribution < -0.4 is 0 Å². The van der Waals surface area contributed by atoms with Gasteiger partial charge in [0.05, 0.1) is 12.5 Å². The predicted molar refractivity (Wildman–Crippen MR) is 46.2 cm³/mol. The number of nitrogens with zero attached hydrogens (tertiary/aromatic N) is 1. The average Bonchev–Trinajstić information content (AvgIpc) is 2.04. The molecule has 0 aromatic heterocycles. The molecule has 0 atom stereocenters. The lowest BCUT2D eigenvalue weighted by Gasteiger charge is -1.97. The molecular formula is C9H6ClNO. The Hall–Kier alpha value is -1.33. The van der Waals surface area contributed by atoms with Gasteiger partial charge < -0.3 is 0 Å². The summed E-state index contributed by atoms with van der Waals surface area (Å²) >= 11 is 5.70. The Kier molecular flexibility index (Phi) is 2.84. The van der Waals surface area contributed by atoms with Crippen LogP contribution in [-0.4, -0.2) is 6.29 Å². The second-order valence-electron chi connectivity index (χ2n) is 2.35. The van der Waals surface area contributed by atoms with E-state index in [0.29, 0.717) is 16.9 Å². The van der Waals surface area contributed by atoms with Crippen LogP contribution in [0.3, 0.4) is 0 Å². The lowest BCUT2D eigenvalue weighted by atomic mass is 10.1. The number of carbonyl (C=O) groups excluding carboxylic acids is 1. The molecule has 1 aromatic carbocycles. The SMILES string of the molecule is N#CCc1cc(Cl)cc(C=O)c1. The van der Waals surface area contributed by atoms with Crippen molar-refractivity contribution < 1.29 is 4.79 Å². The van der Waals surface area contributed by atoms with Crippen molar-refractivity contribution in [2.75, 3.05) is 0 Å². The molecule has 0 bridgehead atoms. The highest BCUT2D eigenvalue weighted by molar-refractivity contribution is 6.30. The van der Waals surface area contributed by atoms with E-state index in [4.69, 9.17) is 16.9 Å². The van der Waals surface area contributed by atoms with E-state index in [1.54, 1.807) is 18.2 Å². The van der Waals surface area contributed by atoms with Crippen LogP contribution in [0.15, 0.2) is 18.2 Å². The minimum Gasteiger partial charge on any atom is -0.298 e. The van der Waals surface area contributed by atoms with Crippen LogP contribution in [-0.2, 0) is 6.42 Å². The third-order valence-electron chi connectivity index (χ3n) is 1.40. The van der Waals surface area contributed by atoms with Crippen molar-refractivity contribution in [3.63, 3.8) is 0 Å². The number of halogens is 1. The number of hydrogen-bond donors (Lipinski definition) is 0.